The Morgan fingerprint density at radius 1 is 1.27 bits per heavy atom. The molecule has 33 heavy (non-hydrogen) atoms. The van der Waals surface area contributed by atoms with Crippen molar-refractivity contribution in [1.29, 1.82) is 0 Å². The Kier molecular flexibility index (Phi) is 9.96. The van der Waals surface area contributed by atoms with Crippen LogP contribution in [0.3, 0.4) is 0 Å². The van der Waals surface area contributed by atoms with Gasteiger partial charge in [0.25, 0.3) is 0 Å². The van der Waals surface area contributed by atoms with Gasteiger partial charge in [0.2, 0.25) is 6.93 Å². The Labute approximate surface area is 197 Å². The first kappa shape index (κ1) is 26.9. The van der Waals surface area contributed by atoms with Gasteiger partial charge >= 0.3 is 12.0 Å². The van der Waals surface area contributed by atoms with Crippen molar-refractivity contribution in [3.63, 3.8) is 0 Å². The van der Waals surface area contributed by atoms with E-state index in [0.717, 1.165) is 60.9 Å². The number of aromatic nitrogens is 1. The normalized spacial score (nSPS) is 13.9. The van der Waals surface area contributed by atoms with Crippen molar-refractivity contribution in [1.82, 2.24) is 4.98 Å². The summed E-state index contributed by atoms with van der Waals surface area (Å²) >= 11 is 2.27. The minimum Gasteiger partial charge on any atom is -0.480 e. The number of hydrogen-bond donors (Lipinski definition) is 2. The molecule has 0 aliphatic heterocycles. The summed E-state index contributed by atoms with van der Waals surface area (Å²) < 4.78 is 46.6. The molecule has 0 atom stereocenters. The maximum atomic E-state index is 14.4. The molecule has 0 saturated heterocycles. The van der Waals surface area contributed by atoms with Crippen LogP contribution >= 0.6 is 23.1 Å². The zero-order valence-electron chi connectivity index (χ0n) is 18.1. The number of anilines is 2. The minimum atomic E-state index is -1.75. The van der Waals surface area contributed by atoms with Gasteiger partial charge in [0.1, 0.15) is 16.4 Å². The predicted molar refractivity (Wildman–Crippen MR) is 121 cm³/mol. The summed E-state index contributed by atoms with van der Waals surface area (Å²) in [5.74, 6) is -2.22. The van der Waals surface area contributed by atoms with Crippen molar-refractivity contribution < 1.29 is 32.3 Å². The average molecular weight is 508 g/mol. The highest BCUT2D eigenvalue weighted by Gasteiger charge is 2.30. The number of amides is 2. The standard InChI is InChI=1S/C20H23F2N3O3S2.CH2F2/c1-20(2,17(26)27)30-16-10-23-18(29-16)24-19(28)25(11-12-5-3-4-6-12)15-8-7-13(21)9-14(15)22;2-1-3/h7-10,12H,3-6,11H2,1-2H3,(H,26,27)(H,23,24,28);1H2. The fourth-order valence-corrected chi connectivity index (χ4v) is 5.52. The van der Waals surface area contributed by atoms with Gasteiger partial charge < -0.3 is 5.11 Å². The molecule has 6 nitrogen and oxygen atoms in total. The van der Waals surface area contributed by atoms with E-state index < -0.39 is 35.3 Å². The molecule has 0 bridgehead atoms. The summed E-state index contributed by atoms with van der Waals surface area (Å²) in [6, 6.07) is 2.59. The van der Waals surface area contributed by atoms with Crippen LogP contribution in [-0.2, 0) is 4.79 Å². The monoisotopic (exact) mass is 507 g/mol. The molecular formula is C21H25F4N3O3S2. The molecule has 1 aromatic carbocycles. The molecule has 182 valence electrons. The largest absolute Gasteiger partial charge is 0.480 e. The van der Waals surface area contributed by atoms with Gasteiger partial charge in [0.05, 0.1) is 16.1 Å². The Morgan fingerprint density at radius 2 is 1.91 bits per heavy atom. The van der Waals surface area contributed by atoms with Gasteiger partial charge in [-0.2, -0.15) is 0 Å². The van der Waals surface area contributed by atoms with E-state index in [9.17, 15) is 32.3 Å². The van der Waals surface area contributed by atoms with Crippen LogP contribution in [0.25, 0.3) is 0 Å². The summed E-state index contributed by atoms with van der Waals surface area (Å²) in [7, 11) is 0. The number of aliphatic carboxylic acids is 1. The van der Waals surface area contributed by atoms with Crippen LogP contribution in [0.15, 0.2) is 28.6 Å². The molecule has 0 unspecified atom stereocenters. The molecular weight excluding hydrogens is 482 g/mol. The second kappa shape index (κ2) is 12.2. The molecule has 2 amide bonds. The molecule has 1 aliphatic carbocycles. The number of carbonyl (C=O) groups is 2. The van der Waals surface area contributed by atoms with Crippen LogP contribution < -0.4 is 10.2 Å². The number of carboxylic acid groups (broad SMARTS) is 1. The lowest BCUT2D eigenvalue weighted by molar-refractivity contribution is -0.138. The van der Waals surface area contributed by atoms with Crippen molar-refractivity contribution in [2.24, 2.45) is 5.92 Å². The Bertz CT molecular complexity index is 953. The van der Waals surface area contributed by atoms with Gasteiger partial charge in [-0.15, -0.1) is 0 Å². The number of nitrogens with zero attached hydrogens (tertiary/aromatic N) is 2. The van der Waals surface area contributed by atoms with E-state index in [1.54, 1.807) is 13.8 Å². The van der Waals surface area contributed by atoms with Gasteiger partial charge in [0.15, 0.2) is 5.13 Å². The molecule has 0 spiro atoms. The Balaban J connectivity index is 0.00000122. The quantitative estimate of drug-likeness (QED) is 0.331. The third-order valence-corrected chi connectivity index (χ3v) is 7.13. The van der Waals surface area contributed by atoms with Crippen LogP contribution in [0.5, 0.6) is 0 Å². The first-order chi connectivity index (χ1) is 15.6. The van der Waals surface area contributed by atoms with Gasteiger partial charge in [-0.25, -0.2) is 27.3 Å². The number of thioether (sulfide) groups is 1. The van der Waals surface area contributed by atoms with Crippen LogP contribution in [-0.4, -0.2) is 40.3 Å². The molecule has 3 rings (SSSR count). The number of urea groups is 1. The van der Waals surface area contributed by atoms with Crippen LogP contribution in [0.4, 0.5) is 33.2 Å². The first-order valence-corrected chi connectivity index (χ1v) is 11.7. The minimum absolute atomic E-state index is 0.0129. The zero-order valence-corrected chi connectivity index (χ0v) is 19.7. The topological polar surface area (TPSA) is 82.5 Å². The highest BCUT2D eigenvalue weighted by Crippen LogP contribution is 2.38. The van der Waals surface area contributed by atoms with E-state index in [1.807, 2.05) is 0 Å². The van der Waals surface area contributed by atoms with E-state index in [0.29, 0.717) is 10.8 Å². The fourth-order valence-electron chi connectivity index (χ4n) is 3.26. The highest BCUT2D eigenvalue weighted by molar-refractivity contribution is 8.03. The van der Waals surface area contributed by atoms with E-state index in [1.165, 1.54) is 17.2 Å². The molecule has 0 radical (unpaired) electrons. The Morgan fingerprint density at radius 3 is 2.48 bits per heavy atom. The SMILES string of the molecule is CC(C)(Sc1cnc(NC(=O)N(CC2CCCC2)c2ccc(F)cc2F)s1)C(=O)O.FCF. The van der Waals surface area contributed by atoms with Crippen LogP contribution in [0.1, 0.15) is 39.5 Å². The second-order valence-electron chi connectivity index (χ2n) is 7.79. The van der Waals surface area contributed by atoms with E-state index in [-0.39, 0.29) is 16.7 Å². The summed E-state index contributed by atoms with van der Waals surface area (Å²) in [5.41, 5.74) is 0.0129. The second-order valence-corrected chi connectivity index (χ2v) is 10.7. The lowest BCUT2D eigenvalue weighted by Gasteiger charge is -2.26. The smallest absolute Gasteiger partial charge is 0.328 e. The zero-order chi connectivity index (χ0) is 24.6. The number of hydrogen-bond acceptors (Lipinski definition) is 5. The average Bonchev–Trinajstić information content (AvgIpc) is 3.39. The van der Waals surface area contributed by atoms with Crippen molar-refractivity contribution in [2.75, 3.05) is 23.7 Å². The number of rotatable bonds is 7. The lowest BCUT2D eigenvalue weighted by Crippen LogP contribution is -2.38. The maximum Gasteiger partial charge on any atom is 0.328 e. The predicted octanol–water partition coefficient (Wildman–Crippen LogP) is 6.49. The molecule has 1 aliphatic rings. The summed E-state index contributed by atoms with van der Waals surface area (Å²) in [4.78, 5) is 29.7. The van der Waals surface area contributed by atoms with Gasteiger partial charge in [0, 0.05) is 12.6 Å². The number of thiazole rings is 1. The molecule has 2 N–H and O–H groups in total. The van der Waals surface area contributed by atoms with Crippen LogP contribution in [0.2, 0.25) is 0 Å². The molecule has 1 heterocycles. The maximum absolute atomic E-state index is 14.4. The number of halogens is 4. The first-order valence-electron chi connectivity index (χ1n) is 10.1. The van der Waals surface area contributed by atoms with E-state index in [4.69, 9.17) is 0 Å². The third-order valence-electron chi connectivity index (χ3n) is 4.93. The Hall–Kier alpha value is -2.34. The van der Waals surface area contributed by atoms with Crippen molar-refractivity contribution in [3.8, 4) is 0 Å². The molecule has 1 saturated carbocycles. The van der Waals surface area contributed by atoms with Crippen molar-refractivity contribution >= 4 is 45.9 Å². The van der Waals surface area contributed by atoms with Crippen molar-refractivity contribution in [3.05, 3.63) is 36.0 Å². The third kappa shape index (κ3) is 7.88. The molecule has 1 aromatic heterocycles. The summed E-state index contributed by atoms with van der Waals surface area (Å²) in [5, 5.41) is 12.2. The number of carbonyl (C=O) groups excluding carboxylic acids is 1. The summed E-state index contributed by atoms with van der Waals surface area (Å²) in [6.45, 7) is 1.74. The molecule has 1 fully saturated rings. The number of benzene rings is 1. The van der Waals surface area contributed by atoms with E-state index in [2.05, 4.69) is 10.3 Å². The fraction of sp³-hybridized carbons (Fsp3) is 0.476. The summed E-state index contributed by atoms with van der Waals surface area (Å²) in [6.07, 6.45) is 5.54. The van der Waals surface area contributed by atoms with Gasteiger partial charge in [-0.05, 0) is 44.7 Å². The number of alkyl halides is 2. The molecule has 12 heteroatoms. The van der Waals surface area contributed by atoms with Crippen molar-refractivity contribution in [2.45, 2.75) is 48.5 Å². The van der Waals surface area contributed by atoms with Gasteiger partial charge in [-0.3, -0.25) is 15.0 Å². The van der Waals surface area contributed by atoms with Gasteiger partial charge in [-0.1, -0.05) is 35.9 Å². The highest BCUT2D eigenvalue weighted by atomic mass is 32.2. The van der Waals surface area contributed by atoms with Crippen LogP contribution in [0, 0.1) is 17.6 Å². The van der Waals surface area contributed by atoms with E-state index >= 15 is 0 Å². The lowest BCUT2D eigenvalue weighted by atomic mass is 10.1. The number of nitrogens with one attached hydrogen (secondary N) is 1. The number of carboxylic acids is 1. The molecule has 2 aromatic rings.